The number of hydrogen-bond donors (Lipinski definition) is 1. The van der Waals surface area contributed by atoms with Crippen molar-refractivity contribution in [3.05, 3.63) is 120 Å². The standard InChI is InChI=1S/C30H19N2S.C15H28O2.Ir/c1-2-6-19(7-3-1)26-17-22(16-20-8-4-5-9-23(20)26)29-28-25-11-10-21-18-31-14-12-24(21)30(25)33-27(28)13-15-32-29;1-7-14(5,8-2)12(16)11-13(17)15(6,9-3)10-4;/h1-9,12-15,17-18H,10-11H2;11,16H,7-10H2,1-6H3;/q-1;;/b;12-11-;. The van der Waals surface area contributed by atoms with E-state index < -0.39 is 0 Å². The summed E-state index contributed by atoms with van der Waals surface area (Å²) in [5.74, 6) is 0.286. The van der Waals surface area contributed by atoms with E-state index >= 15 is 0 Å². The number of hydrogen-bond acceptors (Lipinski definition) is 5. The number of ketones is 1. The maximum Gasteiger partial charge on any atom is 0.164 e. The average molecular weight is 872 g/mol. The van der Waals surface area contributed by atoms with Gasteiger partial charge in [0.05, 0.1) is 0 Å². The van der Waals surface area contributed by atoms with Crippen LogP contribution in [0.2, 0.25) is 0 Å². The van der Waals surface area contributed by atoms with Crippen molar-refractivity contribution >= 4 is 38.0 Å². The van der Waals surface area contributed by atoms with Crippen molar-refractivity contribution in [1.29, 1.82) is 0 Å². The summed E-state index contributed by atoms with van der Waals surface area (Å²) in [5.41, 5.74) is 8.00. The fraction of sp³-hybridized carbons (Fsp3) is 0.311. The molecule has 0 aliphatic heterocycles. The van der Waals surface area contributed by atoms with Gasteiger partial charge in [-0.05, 0) is 78.3 Å². The summed E-state index contributed by atoms with van der Waals surface area (Å²) in [6, 6.07) is 29.4. The number of aliphatic hydroxyl groups excluding tert-OH is 1. The second kappa shape index (κ2) is 16.2. The summed E-state index contributed by atoms with van der Waals surface area (Å²) in [7, 11) is 0. The molecule has 0 spiro atoms. The van der Waals surface area contributed by atoms with Crippen LogP contribution in [0, 0.1) is 16.9 Å². The zero-order valence-electron chi connectivity index (χ0n) is 30.5. The molecule has 0 bridgehead atoms. The predicted molar refractivity (Wildman–Crippen MR) is 211 cm³/mol. The van der Waals surface area contributed by atoms with Crippen molar-refractivity contribution in [1.82, 2.24) is 9.97 Å². The Labute approximate surface area is 320 Å². The zero-order valence-corrected chi connectivity index (χ0v) is 33.7. The van der Waals surface area contributed by atoms with Gasteiger partial charge in [0.1, 0.15) is 5.76 Å². The first kappa shape index (κ1) is 38.3. The molecular weight excluding hydrogens is 825 g/mol. The van der Waals surface area contributed by atoms with Gasteiger partial charge in [0.2, 0.25) is 0 Å². The normalized spacial score (nSPS) is 12.8. The summed E-state index contributed by atoms with van der Waals surface area (Å²) < 4.78 is 1.29. The topological polar surface area (TPSA) is 63.1 Å². The first-order chi connectivity index (χ1) is 24.2. The first-order valence-electron chi connectivity index (χ1n) is 18.0. The Bertz CT molecular complexity index is 2180. The third kappa shape index (κ3) is 7.51. The number of aliphatic hydroxyl groups is 1. The van der Waals surface area contributed by atoms with E-state index in [1.54, 1.807) is 0 Å². The number of thiophene rings is 1. The molecule has 265 valence electrons. The van der Waals surface area contributed by atoms with Crippen LogP contribution in [-0.4, -0.2) is 20.9 Å². The molecule has 1 N–H and O–H groups in total. The zero-order chi connectivity index (χ0) is 35.5. The van der Waals surface area contributed by atoms with Crippen LogP contribution >= 0.6 is 11.3 Å². The molecule has 7 rings (SSSR count). The summed E-state index contributed by atoms with van der Waals surface area (Å²) in [6.07, 6.45) is 12.7. The minimum Gasteiger partial charge on any atom is -0.512 e. The number of rotatable bonds is 9. The molecule has 1 aliphatic rings. The molecule has 1 radical (unpaired) electrons. The number of pyridine rings is 2. The SMILES string of the molecule is CCC(C)(CC)C(=O)/C=C(\O)C(C)(CC)CC.[Ir].[c-]1c(-c2nccc3sc4c(c23)CCc2cnccc2-4)cc(-c2ccccc2)c2ccccc12. The van der Waals surface area contributed by atoms with Gasteiger partial charge in [0, 0.05) is 70.9 Å². The second-order valence-electron chi connectivity index (χ2n) is 13.9. The second-order valence-corrected chi connectivity index (χ2v) is 15.0. The van der Waals surface area contributed by atoms with Gasteiger partial charge in [0.15, 0.2) is 5.78 Å². The van der Waals surface area contributed by atoms with Crippen LogP contribution in [0.3, 0.4) is 0 Å². The Morgan fingerprint density at radius 2 is 1.55 bits per heavy atom. The van der Waals surface area contributed by atoms with E-state index in [-0.39, 0.29) is 42.5 Å². The Kier molecular flexibility index (Phi) is 12.1. The number of benzene rings is 3. The average Bonchev–Trinajstić information content (AvgIpc) is 3.57. The molecule has 0 amide bonds. The van der Waals surface area contributed by atoms with E-state index in [1.165, 1.54) is 54.2 Å². The Morgan fingerprint density at radius 3 is 2.25 bits per heavy atom. The van der Waals surface area contributed by atoms with E-state index in [0.717, 1.165) is 55.2 Å². The number of aromatic nitrogens is 2. The molecule has 3 heterocycles. The molecule has 0 saturated heterocycles. The molecule has 3 aromatic heterocycles. The number of nitrogens with zero attached hydrogens (tertiary/aromatic N) is 2. The minimum atomic E-state index is -0.337. The summed E-state index contributed by atoms with van der Waals surface area (Å²) in [6.45, 7) is 12.1. The number of carbonyl (C=O) groups is 1. The van der Waals surface area contributed by atoms with Gasteiger partial charge >= 0.3 is 0 Å². The van der Waals surface area contributed by atoms with Gasteiger partial charge in [0.25, 0.3) is 0 Å². The van der Waals surface area contributed by atoms with Crippen LogP contribution in [0.5, 0.6) is 0 Å². The van der Waals surface area contributed by atoms with E-state index in [9.17, 15) is 9.90 Å². The third-order valence-electron chi connectivity index (χ3n) is 11.2. The summed E-state index contributed by atoms with van der Waals surface area (Å²) in [5, 5.41) is 13.8. The van der Waals surface area contributed by atoms with Crippen molar-refractivity contribution in [2.45, 2.75) is 80.1 Å². The fourth-order valence-corrected chi connectivity index (χ4v) is 8.08. The quantitative estimate of drug-likeness (QED) is 0.0893. The molecule has 0 atom stereocenters. The molecule has 3 aromatic carbocycles. The molecule has 51 heavy (non-hydrogen) atoms. The first-order valence-corrected chi connectivity index (χ1v) is 18.8. The number of aryl methyl sites for hydroxylation is 2. The summed E-state index contributed by atoms with van der Waals surface area (Å²) in [4.78, 5) is 22.8. The van der Waals surface area contributed by atoms with Crippen molar-refractivity contribution in [2.75, 3.05) is 0 Å². The molecule has 0 saturated carbocycles. The van der Waals surface area contributed by atoms with Crippen molar-refractivity contribution in [2.24, 2.45) is 10.8 Å². The smallest absolute Gasteiger partial charge is 0.164 e. The van der Waals surface area contributed by atoms with Gasteiger partial charge in [-0.2, -0.15) is 0 Å². The van der Waals surface area contributed by atoms with Crippen molar-refractivity contribution in [3.63, 3.8) is 0 Å². The van der Waals surface area contributed by atoms with Gasteiger partial charge in [-0.1, -0.05) is 107 Å². The fourth-order valence-electron chi connectivity index (χ4n) is 6.77. The minimum absolute atomic E-state index is 0. The maximum atomic E-state index is 12.2. The van der Waals surface area contributed by atoms with E-state index in [2.05, 4.69) is 83.8 Å². The number of carbonyl (C=O) groups excluding carboxylic acids is 1. The van der Waals surface area contributed by atoms with Gasteiger partial charge in [-0.25, -0.2) is 0 Å². The number of allylic oxidation sites excluding steroid dienone is 2. The molecular formula is C45H47IrN2O2S-. The molecule has 6 heteroatoms. The van der Waals surface area contributed by atoms with Gasteiger partial charge in [-0.15, -0.1) is 34.9 Å². The molecule has 0 fully saturated rings. The molecule has 1 aliphatic carbocycles. The van der Waals surface area contributed by atoms with Gasteiger partial charge < -0.3 is 5.11 Å². The van der Waals surface area contributed by atoms with Crippen LogP contribution in [0.1, 0.15) is 78.4 Å². The summed E-state index contributed by atoms with van der Waals surface area (Å²) >= 11 is 1.87. The van der Waals surface area contributed by atoms with Crippen LogP contribution in [0.15, 0.2) is 103 Å². The Hall–Kier alpha value is -3.96. The predicted octanol–water partition coefficient (Wildman–Crippen LogP) is 12.4. The monoisotopic (exact) mass is 872 g/mol. The Balaban J connectivity index is 0.000000242. The molecule has 4 nitrogen and oxygen atoms in total. The van der Waals surface area contributed by atoms with Crippen LogP contribution in [0.25, 0.3) is 53.7 Å². The van der Waals surface area contributed by atoms with Crippen molar-refractivity contribution < 1.29 is 30.0 Å². The maximum absolute atomic E-state index is 12.2. The molecule has 0 unspecified atom stereocenters. The Morgan fingerprint density at radius 1 is 0.863 bits per heavy atom. The van der Waals surface area contributed by atoms with E-state index in [1.807, 2.05) is 71.5 Å². The largest absolute Gasteiger partial charge is 0.512 e. The molecule has 6 aromatic rings. The number of fused-ring (bicyclic) bond motifs is 6. The van der Waals surface area contributed by atoms with E-state index in [4.69, 9.17) is 4.98 Å². The van der Waals surface area contributed by atoms with Crippen LogP contribution in [-0.2, 0) is 37.7 Å². The third-order valence-corrected chi connectivity index (χ3v) is 12.4. The van der Waals surface area contributed by atoms with E-state index in [0.29, 0.717) is 0 Å². The van der Waals surface area contributed by atoms with Crippen LogP contribution < -0.4 is 0 Å². The van der Waals surface area contributed by atoms with Gasteiger partial charge in [-0.3, -0.25) is 14.8 Å². The van der Waals surface area contributed by atoms with Crippen LogP contribution in [0.4, 0.5) is 0 Å². The van der Waals surface area contributed by atoms with Crippen molar-refractivity contribution in [3.8, 4) is 32.8 Å².